The van der Waals surface area contributed by atoms with Crippen molar-refractivity contribution in [1.29, 1.82) is 0 Å². The lowest BCUT2D eigenvalue weighted by Gasteiger charge is -2.04. The molecule has 0 aromatic rings. The first-order chi connectivity index (χ1) is 6.70. The van der Waals surface area contributed by atoms with Crippen LogP contribution in [0.1, 0.15) is 6.92 Å². The third-order valence-corrected chi connectivity index (χ3v) is 1.17. The fourth-order valence-electron chi connectivity index (χ4n) is 0.673. The highest BCUT2D eigenvalue weighted by atomic mass is 16.5. The van der Waals surface area contributed by atoms with Gasteiger partial charge < -0.3 is 9.47 Å². The standard InChI is InChI=1S/C11H12O3/c1-4-8-13-9-6-7-11(5-2)14-10(3)12/h1-2,6-7,11H,8-9H2,3H3/b7-6+/t11-/m1/s1. The van der Waals surface area contributed by atoms with Gasteiger partial charge in [0.25, 0.3) is 0 Å². The van der Waals surface area contributed by atoms with Crippen LogP contribution in [0, 0.1) is 24.7 Å². The lowest BCUT2D eigenvalue weighted by molar-refractivity contribution is -0.142. The molecule has 0 N–H and O–H groups in total. The van der Waals surface area contributed by atoms with Crippen LogP contribution in [0.25, 0.3) is 0 Å². The van der Waals surface area contributed by atoms with Gasteiger partial charge in [0.1, 0.15) is 6.61 Å². The van der Waals surface area contributed by atoms with Crippen LogP contribution in [0.4, 0.5) is 0 Å². The SMILES string of the molecule is C#CCOC/C=C/[C@@H](C#C)OC(C)=O. The molecule has 74 valence electrons. The molecule has 0 radical (unpaired) electrons. The van der Waals surface area contributed by atoms with Crippen molar-refractivity contribution in [2.24, 2.45) is 0 Å². The zero-order chi connectivity index (χ0) is 10.8. The third-order valence-electron chi connectivity index (χ3n) is 1.17. The summed E-state index contributed by atoms with van der Waals surface area (Å²) in [4.78, 5) is 10.5. The smallest absolute Gasteiger partial charge is 0.304 e. The van der Waals surface area contributed by atoms with Crippen LogP contribution in [0.2, 0.25) is 0 Å². The van der Waals surface area contributed by atoms with Crippen LogP contribution in [0.15, 0.2) is 12.2 Å². The van der Waals surface area contributed by atoms with Crippen molar-refractivity contribution < 1.29 is 14.3 Å². The third kappa shape index (κ3) is 6.97. The lowest BCUT2D eigenvalue weighted by atomic mass is 10.3. The van der Waals surface area contributed by atoms with Crippen molar-refractivity contribution >= 4 is 5.97 Å². The van der Waals surface area contributed by atoms with Crippen LogP contribution in [-0.2, 0) is 14.3 Å². The van der Waals surface area contributed by atoms with Crippen molar-refractivity contribution in [3.05, 3.63) is 12.2 Å². The Balaban J connectivity index is 3.77. The number of carbonyl (C=O) groups excluding carboxylic acids is 1. The molecule has 0 bridgehead atoms. The second-order valence-electron chi connectivity index (χ2n) is 2.34. The van der Waals surface area contributed by atoms with Crippen molar-refractivity contribution in [2.45, 2.75) is 13.0 Å². The molecule has 0 saturated carbocycles. The van der Waals surface area contributed by atoms with Crippen molar-refractivity contribution in [3.63, 3.8) is 0 Å². The van der Waals surface area contributed by atoms with Gasteiger partial charge in [0.2, 0.25) is 0 Å². The van der Waals surface area contributed by atoms with Crippen LogP contribution < -0.4 is 0 Å². The van der Waals surface area contributed by atoms with Gasteiger partial charge in [-0.1, -0.05) is 17.9 Å². The van der Waals surface area contributed by atoms with Gasteiger partial charge in [0, 0.05) is 6.92 Å². The Morgan fingerprint density at radius 2 is 2.29 bits per heavy atom. The molecule has 0 rings (SSSR count). The molecule has 0 aliphatic heterocycles. The van der Waals surface area contributed by atoms with Crippen LogP contribution in [0.5, 0.6) is 0 Å². The highest BCUT2D eigenvalue weighted by Crippen LogP contribution is 1.93. The van der Waals surface area contributed by atoms with Gasteiger partial charge >= 0.3 is 5.97 Å². The molecule has 3 nitrogen and oxygen atoms in total. The fourth-order valence-corrected chi connectivity index (χ4v) is 0.673. The van der Waals surface area contributed by atoms with E-state index < -0.39 is 12.1 Å². The monoisotopic (exact) mass is 192 g/mol. The molecule has 0 spiro atoms. The Hall–Kier alpha value is -1.71. The predicted molar refractivity (Wildman–Crippen MR) is 53.2 cm³/mol. The second-order valence-corrected chi connectivity index (χ2v) is 2.34. The molecule has 0 aromatic carbocycles. The summed E-state index contributed by atoms with van der Waals surface area (Å²) in [6.07, 6.45) is 12.7. The summed E-state index contributed by atoms with van der Waals surface area (Å²) >= 11 is 0. The van der Waals surface area contributed by atoms with Gasteiger partial charge in [-0.2, -0.15) is 0 Å². The Morgan fingerprint density at radius 1 is 1.57 bits per heavy atom. The van der Waals surface area contributed by atoms with Gasteiger partial charge in [-0.15, -0.1) is 12.8 Å². The van der Waals surface area contributed by atoms with E-state index in [1.54, 1.807) is 12.2 Å². The van der Waals surface area contributed by atoms with Crippen molar-refractivity contribution in [3.8, 4) is 24.7 Å². The quantitative estimate of drug-likeness (QED) is 0.279. The van der Waals surface area contributed by atoms with Crippen molar-refractivity contribution in [1.82, 2.24) is 0 Å². The molecule has 1 atom stereocenters. The molecule has 0 unspecified atom stereocenters. The minimum atomic E-state index is -0.637. The average Bonchev–Trinajstić information content (AvgIpc) is 2.15. The first-order valence-electron chi connectivity index (χ1n) is 4.02. The van der Waals surface area contributed by atoms with E-state index in [-0.39, 0.29) is 6.61 Å². The highest BCUT2D eigenvalue weighted by Gasteiger charge is 2.01. The van der Waals surface area contributed by atoms with Gasteiger partial charge in [0.05, 0.1) is 6.61 Å². The largest absolute Gasteiger partial charge is 0.445 e. The number of hydrogen-bond donors (Lipinski definition) is 0. The number of carbonyl (C=O) groups is 1. The maximum absolute atomic E-state index is 10.5. The summed E-state index contributed by atoms with van der Waals surface area (Å²) in [5.74, 6) is 4.20. The van der Waals surface area contributed by atoms with Crippen LogP contribution in [-0.4, -0.2) is 25.3 Å². The summed E-state index contributed by atoms with van der Waals surface area (Å²) in [6, 6.07) is 0. The van der Waals surface area contributed by atoms with E-state index in [2.05, 4.69) is 11.8 Å². The van der Waals surface area contributed by atoms with Crippen molar-refractivity contribution in [2.75, 3.05) is 13.2 Å². The molecule has 0 saturated heterocycles. The van der Waals surface area contributed by atoms with E-state index >= 15 is 0 Å². The summed E-state index contributed by atoms with van der Waals surface area (Å²) < 4.78 is 9.70. The Morgan fingerprint density at radius 3 is 2.79 bits per heavy atom. The zero-order valence-corrected chi connectivity index (χ0v) is 8.03. The second kappa shape index (κ2) is 7.91. The summed E-state index contributed by atoms with van der Waals surface area (Å²) in [7, 11) is 0. The molecule has 0 aliphatic carbocycles. The number of ether oxygens (including phenoxy) is 2. The topological polar surface area (TPSA) is 35.5 Å². The highest BCUT2D eigenvalue weighted by molar-refractivity contribution is 5.66. The minimum Gasteiger partial charge on any atom is -0.445 e. The summed E-state index contributed by atoms with van der Waals surface area (Å²) in [5, 5.41) is 0. The van der Waals surface area contributed by atoms with Gasteiger partial charge in [-0.05, 0) is 6.08 Å². The molecule has 0 aromatic heterocycles. The Labute approximate surface area is 84.1 Å². The zero-order valence-electron chi connectivity index (χ0n) is 8.03. The number of terminal acetylenes is 2. The summed E-state index contributed by atoms with van der Waals surface area (Å²) in [6.45, 7) is 1.90. The number of esters is 1. The van der Waals surface area contributed by atoms with Crippen LogP contribution >= 0.6 is 0 Å². The van der Waals surface area contributed by atoms with E-state index in [0.717, 1.165) is 0 Å². The predicted octanol–water partition coefficient (Wildman–Crippen LogP) is 0.757. The molecule has 0 amide bonds. The number of hydrogen-bond acceptors (Lipinski definition) is 3. The number of rotatable bonds is 5. The first-order valence-corrected chi connectivity index (χ1v) is 4.02. The molecule has 0 fully saturated rings. The minimum absolute atomic E-state index is 0.249. The van der Waals surface area contributed by atoms with Crippen LogP contribution in [0.3, 0.4) is 0 Å². The van der Waals surface area contributed by atoms with E-state index in [0.29, 0.717) is 6.61 Å². The molecule has 14 heavy (non-hydrogen) atoms. The Bertz CT molecular complexity index is 278. The molecule has 3 heteroatoms. The fraction of sp³-hybridized carbons (Fsp3) is 0.364. The van der Waals surface area contributed by atoms with E-state index in [1.807, 2.05) is 0 Å². The first kappa shape index (κ1) is 12.3. The molecule has 0 aliphatic rings. The van der Waals surface area contributed by atoms with E-state index in [4.69, 9.17) is 22.3 Å². The molecule has 0 heterocycles. The van der Waals surface area contributed by atoms with E-state index in [1.165, 1.54) is 6.92 Å². The maximum atomic E-state index is 10.5. The normalized spacial score (nSPS) is 11.6. The van der Waals surface area contributed by atoms with E-state index in [9.17, 15) is 4.79 Å². The molecular formula is C11H12O3. The summed E-state index contributed by atoms with van der Waals surface area (Å²) in [5.41, 5.74) is 0. The van der Waals surface area contributed by atoms with Gasteiger partial charge in [-0.25, -0.2) is 0 Å². The maximum Gasteiger partial charge on any atom is 0.304 e. The average molecular weight is 192 g/mol. The lowest BCUT2D eigenvalue weighted by Crippen LogP contribution is -2.11. The van der Waals surface area contributed by atoms with Gasteiger partial charge in [-0.3, -0.25) is 4.79 Å². The molecular weight excluding hydrogens is 180 g/mol. The van der Waals surface area contributed by atoms with Gasteiger partial charge in [0.15, 0.2) is 6.10 Å². The Kier molecular flexibility index (Phi) is 6.95.